The lowest BCUT2D eigenvalue weighted by Crippen LogP contribution is -2.31. The molecule has 0 saturated heterocycles. The summed E-state index contributed by atoms with van der Waals surface area (Å²) in [5.74, 6) is -2.60. The SMILES string of the molecule is CCC(=O)c1ccc(F)c(C2CC2NC(=O)Nc2ccc(C#N)cn2)c1OCOC(=O)CCC(=O)OCc1ccccc1. The van der Waals surface area contributed by atoms with Gasteiger partial charge in [0.1, 0.15) is 30.1 Å². The predicted octanol–water partition coefficient (Wildman–Crippen LogP) is 4.77. The van der Waals surface area contributed by atoms with E-state index in [2.05, 4.69) is 15.6 Å². The molecule has 0 spiro atoms. The second-order valence-electron chi connectivity index (χ2n) is 9.63. The summed E-state index contributed by atoms with van der Waals surface area (Å²) < 4.78 is 31.0. The van der Waals surface area contributed by atoms with Crippen LogP contribution in [0.1, 0.15) is 65.6 Å². The molecule has 1 aromatic heterocycles. The lowest BCUT2D eigenvalue weighted by molar-refractivity contribution is -0.155. The Kier molecular flexibility index (Phi) is 10.4. The number of ketones is 1. The second kappa shape index (κ2) is 14.5. The quantitative estimate of drug-likeness (QED) is 0.163. The van der Waals surface area contributed by atoms with Gasteiger partial charge < -0.3 is 19.5 Å². The van der Waals surface area contributed by atoms with Crippen molar-refractivity contribution in [2.24, 2.45) is 0 Å². The monoisotopic (exact) mass is 588 g/mol. The maximum Gasteiger partial charge on any atom is 0.320 e. The van der Waals surface area contributed by atoms with Gasteiger partial charge >= 0.3 is 18.0 Å². The van der Waals surface area contributed by atoms with Crippen LogP contribution in [0.5, 0.6) is 5.75 Å². The van der Waals surface area contributed by atoms with Gasteiger partial charge in [-0.2, -0.15) is 5.26 Å². The van der Waals surface area contributed by atoms with Crippen molar-refractivity contribution in [3.05, 3.63) is 88.9 Å². The van der Waals surface area contributed by atoms with Crippen LogP contribution in [-0.2, 0) is 25.7 Å². The fourth-order valence-electron chi connectivity index (χ4n) is 4.26. The van der Waals surface area contributed by atoms with E-state index in [-0.39, 0.29) is 54.3 Å². The number of urea groups is 1. The van der Waals surface area contributed by atoms with E-state index < -0.39 is 42.5 Å². The number of amides is 2. The number of Topliss-reactive ketones (excluding diaryl/α,β-unsaturated/α-hetero) is 1. The zero-order valence-corrected chi connectivity index (χ0v) is 23.3. The fraction of sp³-hybridized carbons (Fsp3) is 0.290. The summed E-state index contributed by atoms with van der Waals surface area (Å²) in [4.78, 5) is 53.3. The molecule has 3 aromatic rings. The Hall–Kier alpha value is -5.31. The van der Waals surface area contributed by atoms with Crippen molar-refractivity contribution in [2.75, 3.05) is 12.1 Å². The maximum absolute atomic E-state index is 15.1. The number of pyridine rings is 1. The van der Waals surface area contributed by atoms with Crippen molar-refractivity contribution >= 4 is 29.6 Å². The van der Waals surface area contributed by atoms with Crippen molar-refractivity contribution in [3.63, 3.8) is 0 Å². The van der Waals surface area contributed by atoms with E-state index in [0.717, 1.165) is 11.6 Å². The molecule has 1 heterocycles. The summed E-state index contributed by atoms with van der Waals surface area (Å²) in [6.07, 6.45) is 1.35. The number of hydrogen-bond acceptors (Lipinski definition) is 9. The van der Waals surface area contributed by atoms with Crippen LogP contribution in [0.3, 0.4) is 0 Å². The molecular weight excluding hydrogens is 559 g/mol. The smallest absolute Gasteiger partial charge is 0.320 e. The van der Waals surface area contributed by atoms with Gasteiger partial charge in [-0.05, 0) is 36.2 Å². The third-order valence-electron chi connectivity index (χ3n) is 6.58. The van der Waals surface area contributed by atoms with E-state index in [1.54, 1.807) is 19.1 Å². The van der Waals surface area contributed by atoms with Crippen LogP contribution < -0.4 is 15.4 Å². The van der Waals surface area contributed by atoms with Gasteiger partial charge in [0.15, 0.2) is 5.78 Å². The topological polar surface area (TPSA) is 157 Å². The van der Waals surface area contributed by atoms with E-state index in [1.165, 1.54) is 24.4 Å². The van der Waals surface area contributed by atoms with Crippen molar-refractivity contribution in [1.29, 1.82) is 5.26 Å². The Bertz CT molecular complexity index is 1520. The number of ether oxygens (including phenoxy) is 3. The number of nitrogens with zero attached hydrogens (tertiary/aromatic N) is 2. The molecule has 0 radical (unpaired) electrons. The van der Waals surface area contributed by atoms with E-state index in [1.807, 2.05) is 24.3 Å². The Labute approximate surface area is 247 Å². The average Bonchev–Trinajstić information content (AvgIpc) is 3.77. The molecule has 1 aliphatic rings. The number of esters is 2. The first-order chi connectivity index (χ1) is 20.8. The number of hydrogen-bond donors (Lipinski definition) is 2. The predicted molar refractivity (Wildman–Crippen MR) is 150 cm³/mol. The zero-order chi connectivity index (χ0) is 30.8. The minimum atomic E-state index is -0.739. The van der Waals surface area contributed by atoms with Gasteiger partial charge in [0.2, 0.25) is 6.79 Å². The van der Waals surface area contributed by atoms with Gasteiger partial charge in [0, 0.05) is 30.1 Å². The largest absolute Gasteiger partial charge is 0.461 e. The summed E-state index contributed by atoms with van der Waals surface area (Å²) in [5.41, 5.74) is 1.36. The van der Waals surface area contributed by atoms with E-state index in [0.29, 0.717) is 12.0 Å². The average molecular weight is 589 g/mol. The molecule has 11 nitrogen and oxygen atoms in total. The minimum absolute atomic E-state index is 0.0645. The molecular formula is C31H29FN4O7. The normalized spacial score (nSPS) is 15.0. The number of benzene rings is 2. The van der Waals surface area contributed by atoms with Crippen LogP contribution in [0.15, 0.2) is 60.8 Å². The molecule has 2 N–H and O–H groups in total. The van der Waals surface area contributed by atoms with Gasteiger partial charge in [-0.15, -0.1) is 0 Å². The molecule has 2 unspecified atom stereocenters. The van der Waals surface area contributed by atoms with Crippen LogP contribution in [-0.4, -0.2) is 41.6 Å². The van der Waals surface area contributed by atoms with Crippen molar-refractivity contribution in [1.82, 2.24) is 10.3 Å². The first-order valence-electron chi connectivity index (χ1n) is 13.6. The third-order valence-corrected chi connectivity index (χ3v) is 6.58. The number of carbonyl (C=O) groups is 4. The van der Waals surface area contributed by atoms with Crippen molar-refractivity contribution < 1.29 is 37.8 Å². The molecule has 4 rings (SSSR count). The number of carbonyl (C=O) groups excluding carboxylic acids is 4. The maximum atomic E-state index is 15.1. The lowest BCUT2D eigenvalue weighted by atomic mass is 10.00. The third kappa shape index (κ3) is 8.59. The molecule has 222 valence electrons. The number of rotatable bonds is 13. The van der Waals surface area contributed by atoms with E-state index >= 15 is 4.39 Å². The highest BCUT2D eigenvalue weighted by molar-refractivity contribution is 5.99. The summed E-state index contributed by atoms with van der Waals surface area (Å²) >= 11 is 0. The molecule has 2 atom stereocenters. The molecule has 0 bridgehead atoms. The van der Waals surface area contributed by atoms with E-state index in [9.17, 15) is 19.2 Å². The van der Waals surface area contributed by atoms with Crippen LogP contribution in [0.4, 0.5) is 15.0 Å². The molecule has 12 heteroatoms. The first kappa shape index (κ1) is 30.6. The fourth-order valence-corrected chi connectivity index (χ4v) is 4.26. The minimum Gasteiger partial charge on any atom is -0.461 e. The van der Waals surface area contributed by atoms with Gasteiger partial charge in [0.05, 0.1) is 24.0 Å². The Balaban J connectivity index is 1.33. The molecule has 0 aliphatic heterocycles. The zero-order valence-electron chi connectivity index (χ0n) is 23.3. The number of nitriles is 1. The standard InChI is InChI=1S/C31H29FN4O7/c1-2-25(37)21-9-10-23(32)29(22-14-24(22)35-31(40)36-26-11-8-20(15-33)16-34-26)30(21)43-18-42-28(39)13-12-27(38)41-17-19-6-4-3-5-7-19/h3-11,16,22,24H,2,12-14,17-18H2,1H3,(H2,34,35,36,40). The molecule has 43 heavy (non-hydrogen) atoms. The highest BCUT2D eigenvalue weighted by atomic mass is 19.1. The number of halogens is 1. The van der Waals surface area contributed by atoms with Crippen LogP contribution in [0.2, 0.25) is 0 Å². The highest BCUT2D eigenvalue weighted by Crippen LogP contribution is 2.47. The Morgan fingerprint density at radius 1 is 1.02 bits per heavy atom. The summed E-state index contributed by atoms with van der Waals surface area (Å²) in [6.45, 7) is 1.11. The van der Waals surface area contributed by atoms with Gasteiger partial charge in [0.25, 0.3) is 0 Å². The summed E-state index contributed by atoms with van der Waals surface area (Å²) in [7, 11) is 0. The number of aromatic nitrogens is 1. The number of anilines is 1. The van der Waals surface area contributed by atoms with Gasteiger partial charge in [-0.25, -0.2) is 14.2 Å². The summed E-state index contributed by atoms with van der Waals surface area (Å²) in [5, 5.41) is 14.1. The lowest BCUT2D eigenvalue weighted by Gasteiger charge is -2.16. The summed E-state index contributed by atoms with van der Waals surface area (Å²) in [6, 6.07) is 15.4. The second-order valence-corrected chi connectivity index (χ2v) is 9.63. The van der Waals surface area contributed by atoms with E-state index in [4.69, 9.17) is 19.5 Å². The number of nitrogens with one attached hydrogen (secondary N) is 2. The van der Waals surface area contributed by atoms with Gasteiger partial charge in [-0.1, -0.05) is 37.3 Å². The van der Waals surface area contributed by atoms with Gasteiger partial charge in [-0.3, -0.25) is 19.7 Å². The molecule has 1 aliphatic carbocycles. The molecule has 1 fully saturated rings. The van der Waals surface area contributed by atoms with Crippen molar-refractivity contribution in [3.8, 4) is 11.8 Å². The van der Waals surface area contributed by atoms with Crippen LogP contribution >= 0.6 is 0 Å². The van der Waals surface area contributed by atoms with Crippen LogP contribution in [0.25, 0.3) is 0 Å². The first-order valence-corrected chi connectivity index (χ1v) is 13.6. The Morgan fingerprint density at radius 2 is 1.77 bits per heavy atom. The molecule has 2 amide bonds. The molecule has 1 saturated carbocycles. The van der Waals surface area contributed by atoms with Crippen LogP contribution in [0, 0.1) is 17.1 Å². The van der Waals surface area contributed by atoms with Crippen molar-refractivity contribution in [2.45, 2.75) is 51.2 Å². The molecule has 2 aromatic carbocycles. The highest BCUT2D eigenvalue weighted by Gasteiger charge is 2.44. The Morgan fingerprint density at radius 3 is 2.44 bits per heavy atom.